The van der Waals surface area contributed by atoms with Gasteiger partial charge in [0.1, 0.15) is 0 Å². The van der Waals surface area contributed by atoms with E-state index in [0.29, 0.717) is 22.5 Å². The lowest BCUT2D eigenvalue weighted by molar-refractivity contribution is 0.578. The monoisotopic (exact) mass is 309 g/mol. The van der Waals surface area contributed by atoms with E-state index in [4.69, 9.17) is 5.84 Å². The molecule has 21 heavy (non-hydrogen) atoms. The third-order valence-corrected chi connectivity index (χ3v) is 4.81. The quantitative estimate of drug-likeness (QED) is 0.560. The number of benzene rings is 1. The molecule has 0 saturated heterocycles. The Labute approximate surface area is 124 Å². The second-order valence-electron chi connectivity index (χ2n) is 4.89. The van der Waals surface area contributed by atoms with Crippen LogP contribution in [0.3, 0.4) is 0 Å². The van der Waals surface area contributed by atoms with Crippen molar-refractivity contribution in [1.29, 1.82) is 0 Å². The maximum atomic E-state index is 12.5. The van der Waals surface area contributed by atoms with E-state index in [2.05, 4.69) is 15.2 Å². The van der Waals surface area contributed by atoms with Gasteiger partial charge in [0, 0.05) is 18.9 Å². The molecule has 0 unspecified atom stereocenters. The Kier molecular flexibility index (Phi) is 4.31. The topological polar surface area (TPSA) is 102 Å². The summed E-state index contributed by atoms with van der Waals surface area (Å²) in [5, 5.41) is 4.14. The minimum absolute atomic E-state index is 0.152. The fourth-order valence-corrected chi connectivity index (χ4v) is 3.70. The number of aryl methyl sites for hydroxylation is 3. The molecule has 114 valence electrons. The van der Waals surface area contributed by atoms with Crippen LogP contribution in [0.25, 0.3) is 0 Å². The van der Waals surface area contributed by atoms with Gasteiger partial charge in [-0.05, 0) is 43.2 Å². The molecule has 0 bridgehead atoms. The van der Waals surface area contributed by atoms with Crippen molar-refractivity contribution < 1.29 is 8.42 Å². The Morgan fingerprint density at radius 3 is 2.38 bits per heavy atom. The van der Waals surface area contributed by atoms with Crippen LogP contribution in [0.2, 0.25) is 0 Å². The van der Waals surface area contributed by atoms with Gasteiger partial charge < -0.3 is 5.43 Å². The van der Waals surface area contributed by atoms with E-state index in [0.717, 1.165) is 0 Å². The van der Waals surface area contributed by atoms with Crippen LogP contribution in [0.1, 0.15) is 16.8 Å². The van der Waals surface area contributed by atoms with Gasteiger partial charge in [0.15, 0.2) is 0 Å². The van der Waals surface area contributed by atoms with Gasteiger partial charge in [-0.15, -0.1) is 0 Å². The number of nitrogens with one attached hydrogen (secondary N) is 2. The molecule has 7 nitrogen and oxygen atoms in total. The van der Waals surface area contributed by atoms with Gasteiger partial charge in [-0.2, -0.15) is 5.10 Å². The second kappa shape index (κ2) is 5.84. The Balaban J connectivity index is 2.27. The van der Waals surface area contributed by atoms with E-state index in [1.54, 1.807) is 50.0 Å². The molecule has 0 fully saturated rings. The van der Waals surface area contributed by atoms with Crippen LogP contribution in [-0.4, -0.2) is 18.2 Å². The van der Waals surface area contributed by atoms with Gasteiger partial charge in [0.05, 0.1) is 17.1 Å². The number of aromatic nitrogens is 2. The lowest BCUT2D eigenvalue weighted by Crippen LogP contribution is -2.25. The van der Waals surface area contributed by atoms with Crippen molar-refractivity contribution in [2.75, 3.05) is 5.43 Å². The normalized spacial score (nSPS) is 11.6. The summed E-state index contributed by atoms with van der Waals surface area (Å²) >= 11 is 0. The van der Waals surface area contributed by atoms with Crippen molar-refractivity contribution in [2.24, 2.45) is 12.9 Å². The highest BCUT2D eigenvalue weighted by Crippen LogP contribution is 2.24. The molecule has 0 atom stereocenters. The minimum Gasteiger partial charge on any atom is -0.324 e. The summed E-state index contributed by atoms with van der Waals surface area (Å²) in [6.07, 6.45) is 1.77. The zero-order chi connectivity index (χ0) is 15.6. The van der Waals surface area contributed by atoms with Gasteiger partial charge >= 0.3 is 0 Å². The molecule has 2 aromatic rings. The van der Waals surface area contributed by atoms with Crippen molar-refractivity contribution in [3.63, 3.8) is 0 Å². The van der Waals surface area contributed by atoms with Gasteiger partial charge in [0.2, 0.25) is 10.0 Å². The molecule has 0 aliphatic heterocycles. The molecular formula is C13H19N5O2S. The molecule has 0 aliphatic rings. The number of hydrogen-bond acceptors (Lipinski definition) is 5. The molecule has 1 heterocycles. The van der Waals surface area contributed by atoms with E-state index in [1.807, 2.05) is 0 Å². The average molecular weight is 309 g/mol. The standard InChI is InChI=1S/C13H19N5O2S/c1-9-6-12(16-14)7-10(2)13(9)21(19,20)15-8-11-4-5-18(3)17-11/h4-7,15-16H,8,14H2,1-3H3. The smallest absolute Gasteiger partial charge is 0.241 e. The summed E-state index contributed by atoms with van der Waals surface area (Å²) in [6, 6.07) is 5.16. The fourth-order valence-electron chi connectivity index (χ4n) is 2.26. The lowest BCUT2D eigenvalue weighted by atomic mass is 10.1. The first-order chi connectivity index (χ1) is 9.83. The lowest BCUT2D eigenvalue weighted by Gasteiger charge is -2.13. The average Bonchev–Trinajstić information content (AvgIpc) is 2.81. The van der Waals surface area contributed by atoms with Gasteiger partial charge in [-0.3, -0.25) is 10.5 Å². The van der Waals surface area contributed by atoms with Crippen LogP contribution < -0.4 is 16.0 Å². The van der Waals surface area contributed by atoms with Crippen LogP contribution in [0, 0.1) is 13.8 Å². The number of nitrogen functional groups attached to an aromatic ring is 1. The Morgan fingerprint density at radius 1 is 1.29 bits per heavy atom. The summed E-state index contributed by atoms with van der Waals surface area (Å²) in [5.74, 6) is 5.36. The van der Waals surface area contributed by atoms with Crippen LogP contribution in [0.5, 0.6) is 0 Å². The van der Waals surface area contributed by atoms with Crippen LogP contribution in [0.4, 0.5) is 5.69 Å². The van der Waals surface area contributed by atoms with E-state index in [9.17, 15) is 8.42 Å². The number of nitrogens with two attached hydrogens (primary N) is 1. The molecule has 1 aromatic heterocycles. The van der Waals surface area contributed by atoms with E-state index in [-0.39, 0.29) is 11.4 Å². The summed E-state index contributed by atoms with van der Waals surface area (Å²) < 4.78 is 29.1. The maximum Gasteiger partial charge on any atom is 0.241 e. The van der Waals surface area contributed by atoms with Crippen LogP contribution in [0.15, 0.2) is 29.3 Å². The van der Waals surface area contributed by atoms with Crippen molar-refractivity contribution in [2.45, 2.75) is 25.3 Å². The molecule has 0 radical (unpaired) electrons. The van der Waals surface area contributed by atoms with Gasteiger partial charge in [-0.25, -0.2) is 13.1 Å². The largest absolute Gasteiger partial charge is 0.324 e. The zero-order valence-corrected chi connectivity index (χ0v) is 13.0. The molecular weight excluding hydrogens is 290 g/mol. The first kappa shape index (κ1) is 15.5. The molecule has 2 rings (SSSR count). The fraction of sp³-hybridized carbons (Fsp3) is 0.308. The number of nitrogens with zero attached hydrogens (tertiary/aromatic N) is 2. The summed E-state index contributed by atoms with van der Waals surface area (Å²) in [6.45, 7) is 3.63. The van der Waals surface area contributed by atoms with Crippen molar-refractivity contribution >= 4 is 15.7 Å². The van der Waals surface area contributed by atoms with Crippen LogP contribution in [-0.2, 0) is 23.6 Å². The number of rotatable bonds is 5. The maximum absolute atomic E-state index is 12.5. The Morgan fingerprint density at radius 2 is 1.90 bits per heavy atom. The van der Waals surface area contributed by atoms with Gasteiger partial charge in [-0.1, -0.05) is 0 Å². The zero-order valence-electron chi connectivity index (χ0n) is 12.2. The number of sulfonamides is 1. The number of hydrazine groups is 1. The predicted octanol–water partition coefficient (Wildman–Crippen LogP) is 0.801. The van der Waals surface area contributed by atoms with E-state index >= 15 is 0 Å². The molecule has 4 N–H and O–H groups in total. The summed E-state index contributed by atoms with van der Waals surface area (Å²) in [5.41, 5.74) is 5.13. The van der Waals surface area contributed by atoms with Crippen molar-refractivity contribution in [3.05, 3.63) is 41.2 Å². The molecule has 1 aromatic carbocycles. The van der Waals surface area contributed by atoms with E-state index < -0.39 is 10.0 Å². The number of anilines is 1. The molecule has 0 aliphatic carbocycles. The summed E-state index contributed by atoms with van der Waals surface area (Å²) in [7, 11) is -1.82. The molecule has 0 saturated carbocycles. The SMILES string of the molecule is Cc1cc(NN)cc(C)c1S(=O)(=O)NCc1ccn(C)n1. The summed E-state index contributed by atoms with van der Waals surface area (Å²) in [4.78, 5) is 0.275. The minimum atomic E-state index is -3.60. The Bertz CT molecular complexity index is 729. The molecule has 0 amide bonds. The van der Waals surface area contributed by atoms with Crippen molar-refractivity contribution in [1.82, 2.24) is 14.5 Å². The Hall–Kier alpha value is -1.90. The first-order valence-electron chi connectivity index (χ1n) is 6.39. The number of hydrogen-bond donors (Lipinski definition) is 3. The predicted molar refractivity (Wildman–Crippen MR) is 81.0 cm³/mol. The molecule has 8 heteroatoms. The first-order valence-corrected chi connectivity index (χ1v) is 7.88. The third kappa shape index (κ3) is 3.41. The second-order valence-corrected chi connectivity index (χ2v) is 6.59. The highest BCUT2D eigenvalue weighted by Gasteiger charge is 2.20. The van der Waals surface area contributed by atoms with Crippen LogP contribution >= 0.6 is 0 Å². The van der Waals surface area contributed by atoms with Gasteiger partial charge in [0.25, 0.3) is 0 Å². The highest BCUT2D eigenvalue weighted by atomic mass is 32.2. The van der Waals surface area contributed by atoms with Crippen molar-refractivity contribution in [3.8, 4) is 0 Å². The molecule has 0 spiro atoms. The van der Waals surface area contributed by atoms with E-state index in [1.165, 1.54) is 0 Å². The third-order valence-electron chi connectivity index (χ3n) is 3.11. The highest BCUT2D eigenvalue weighted by molar-refractivity contribution is 7.89.